The van der Waals surface area contributed by atoms with E-state index in [4.69, 9.17) is 4.74 Å². The average molecular weight is 273 g/mol. The molecule has 2 nitrogen and oxygen atoms in total. The van der Waals surface area contributed by atoms with E-state index in [1.165, 1.54) is 49.7 Å². The zero-order valence-electron chi connectivity index (χ0n) is 12.8. The fraction of sp³-hybridized carbons (Fsp3) is 0.667. The number of hydrogen-bond donors (Lipinski definition) is 1. The van der Waals surface area contributed by atoms with Crippen molar-refractivity contribution < 1.29 is 4.74 Å². The molecule has 1 N–H and O–H groups in total. The van der Waals surface area contributed by atoms with E-state index in [2.05, 4.69) is 37.4 Å². The topological polar surface area (TPSA) is 21.3 Å². The third-order valence-electron chi connectivity index (χ3n) is 4.88. The maximum absolute atomic E-state index is 6.35. The molecular weight excluding hydrogens is 246 g/mol. The zero-order valence-corrected chi connectivity index (χ0v) is 12.8. The van der Waals surface area contributed by atoms with Crippen LogP contribution in [0.1, 0.15) is 50.7 Å². The number of aryl methyl sites for hydroxylation is 2. The second-order valence-electron chi connectivity index (χ2n) is 6.52. The van der Waals surface area contributed by atoms with Gasteiger partial charge in [0, 0.05) is 6.04 Å². The molecule has 0 aliphatic heterocycles. The molecule has 0 aromatic heterocycles. The summed E-state index contributed by atoms with van der Waals surface area (Å²) < 4.78 is 6.35. The second kappa shape index (κ2) is 6.17. The molecule has 2 heteroatoms. The van der Waals surface area contributed by atoms with Crippen molar-refractivity contribution in [1.29, 1.82) is 0 Å². The van der Waals surface area contributed by atoms with Gasteiger partial charge in [0.1, 0.15) is 11.9 Å². The Balaban J connectivity index is 1.70. The lowest BCUT2D eigenvalue weighted by Crippen LogP contribution is -2.46. The Kier molecular flexibility index (Phi) is 4.30. The lowest BCUT2D eigenvalue weighted by molar-refractivity contribution is 0.0916. The fourth-order valence-electron chi connectivity index (χ4n) is 3.75. The maximum Gasteiger partial charge on any atom is 0.120 e. The largest absolute Gasteiger partial charge is 0.489 e. The molecule has 0 spiro atoms. The van der Waals surface area contributed by atoms with Crippen LogP contribution in [0.15, 0.2) is 18.2 Å². The Hall–Kier alpha value is -1.02. The predicted octanol–water partition coefficient (Wildman–Crippen LogP) is 3.72. The van der Waals surface area contributed by atoms with Crippen LogP contribution in [-0.4, -0.2) is 18.7 Å². The summed E-state index contributed by atoms with van der Waals surface area (Å²) in [5.74, 6) is 1.86. The summed E-state index contributed by atoms with van der Waals surface area (Å²) in [6.07, 6.45) is 7.85. The van der Waals surface area contributed by atoms with Crippen LogP contribution < -0.4 is 10.1 Å². The Morgan fingerprint density at radius 2 is 2.05 bits per heavy atom. The smallest absolute Gasteiger partial charge is 0.120 e. The van der Waals surface area contributed by atoms with Gasteiger partial charge in [-0.3, -0.25) is 0 Å². The van der Waals surface area contributed by atoms with E-state index in [0.29, 0.717) is 12.1 Å². The van der Waals surface area contributed by atoms with Crippen LogP contribution in [0.3, 0.4) is 0 Å². The third kappa shape index (κ3) is 3.01. The van der Waals surface area contributed by atoms with E-state index in [1.54, 1.807) is 0 Å². The molecule has 3 rings (SSSR count). The molecule has 0 bridgehead atoms. The molecule has 1 fully saturated rings. The van der Waals surface area contributed by atoms with Gasteiger partial charge in [-0.2, -0.15) is 0 Å². The molecule has 3 atom stereocenters. The molecular formula is C18H27NO. The van der Waals surface area contributed by atoms with Gasteiger partial charge in [-0.1, -0.05) is 19.9 Å². The monoisotopic (exact) mass is 273 g/mol. The number of benzene rings is 1. The number of hydrogen-bond acceptors (Lipinski definition) is 2. The summed E-state index contributed by atoms with van der Waals surface area (Å²) in [5, 5.41) is 3.60. The number of rotatable bonds is 4. The van der Waals surface area contributed by atoms with Crippen molar-refractivity contribution in [3.05, 3.63) is 29.3 Å². The molecule has 2 aliphatic carbocycles. The first-order chi connectivity index (χ1) is 9.76. The Morgan fingerprint density at radius 1 is 1.20 bits per heavy atom. The van der Waals surface area contributed by atoms with Gasteiger partial charge in [0.15, 0.2) is 0 Å². The molecule has 0 radical (unpaired) electrons. The molecule has 0 amide bonds. The van der Waals surface area contributed by atoms with Crippen molar-refractivity contribution in [2.45, 2.75) is 64.5 Å². The molecule has 0 saturated heterocycles. The molecule has 1 saturated carbocycles. The summed E-state index contributed by atoms with van der Waals surface area (Å²) >= 11 is 0. The first-order valence-electron chi connectivity index (χ1n) is 8.28. The van der Waals surface area contributed by atoms with E-state index in [9.17, 15) is 0 Å². The maximum atomic E-state index is 6.35. The molecule has 1 aromatic rings. The van der Waals surface area contributed by atoms with Crippen LogP contribution in [0, 0.1) is 5.92 Å². The zero-order chi connectivity index (χ0) is 13.9. The van der Waals surface area contributed by atoms with Crippen molar-refractivity contribution in [2.75, 3.05) is 6.54 Å². The Morgan fingerprint density at radius 3 is 2.90 bits per heavy atom. The molecule has 0 heterocycles. The third-order valence-corrected chi connectivity index (χ3v) is 4.88. The highest BCUT2D eigenvalue weighted by atomic mass is 16.5. The SMILES string of the molecule is CCNC1CCC(C)CC1Oc1ccc2c(c1)CCC2. The Labute approximate surface area is 122 Å². The molecule has 3 unspecified atom stereocenters. The van der Waals surface area contributed by atoms with Gasteiger partial charge < -0.3 is 10.1 Å². The number of likely N-dealkylation sites (N-methyl/N-ethyl adjacent to an activating group) is 1. The summed E-state index contributed by atoms with van der Waals surface area (Å²) in [7, 11) is 0. The first-order valence-corrected chi connectivity index (χ1v) is 8.28. The molecule has 1 aromatic carbocycles. The van der Waals surface area contributed by atoms with E-state index >= 15 is 0 Å². The van der Waals surface area contributed by atoms with Crippen molar-refractivity contribution in [1.82, 2.24) is 5.32 Å². The molecule has 2 aliphatic rings. The van der Waals surface area contributed by atoms with Crippen LogP contribution >= 0.6 is 0 Å². The minimum atomic E-state index is 0.332. The predicted molar refractivity (Wildman–Crippen MR) is 83.4 cm³/mol. The van der Waals surface area contributed by atoms with Crippen LogP contribution in [0.4, 0.5) is 0 Å². The summed E-state index contributed by atoms with van der Waals surface area (Å²) in [5.41, 5.74) is 3.03. The first kappa shape index (κ1) is 13.9. The van der Waals surface area contributed by atoms with Crippen LogP contribution in [-0.2, 0) is 12.8 Å². The van der Waals surface area contributed by atoms with Crippen LogP contribution in [0.25, 0.3) is 0 Å². The van der Waals surface area contributed by atoms with E-state index in [1.807, 2.05) is 0 Å². The quantitative estimate of drug-likeness (QED) is 0.902. The lowest BCUT2D eigenvalue weighted by Gasteiger charge is -2.35. The second-order valence-corrected chi connectivity index (χ2v) is 6.52. The highest BCUT2D eigenvalue weighted by Crippen LogP contribution is 2.30. The summed E-state index contributed by atoms with van der Waals surface area (Å²) in [6, 6.07) is 7.24. The van der Waals surface area contributed by atoms with Crippen LogP contribution in [0.2, 0.25) is 0 Å². The number of nitrogens with one attached hydrogen (secondary N) is 1. The highest BCUT2D eigenvalue weighted by Gasteiger charge is 2.29. The highest BCUT2D eigenvalue weighted by molar-refractivity contribution is 5.38. The van der Waals surface area contributed by atoms with E-state index < -0.39 is 0 Å². The fourth-order valence-corrected chi connectivity index (χ4v) is 3.75. The van der Waals surface area contributed by atoms with Gasteiger partial charge in [-0.05, 0) is 74.2 Å². The van der Waals surface area contributed by atoms with Crippen molar-refractivity contribution >= 4 is 0 Å². The van der Waals surface area contributed by atoms with E-state index in [0.717, 1.165) is 18.2 Å². The van der Waals surface area contributed by atoms with E-state index in [-0.39, 0.29) is 0 Å². The molecule has 110 valence electrons. The Bertz CT molecular complexity index is 457. The number of ether oxygens (including phenoxy) is 1. The van der Waals surface area contributed by atoms with Gasteiger partial charge in [-0.15, -0.1) is 0 Å². The minimum absolute atomic E-state index is 0.332. The van der Waals surface area contributed by atoms with Gasteiger partial charge in [0.05, 0.1) is 0 Å². The van der Waals surface area contributed by atoms with Crippen molar-refractivity contribution in [2.24, 2.45) is 5.92 Å². The minimum Gasteiger partial charge on any atom is -0.489 e. The van der Waals surface area contributed by atoms with Gasteiger partial charge in [0.2, 0.25) is 0 Å². The van der Waals surface area contributed by atoms with Crippen molar-refractivity contribution in [3.63, 3.8) is 0 Å². The standard InChI is InChI=1S/C18H27NO/c1-3-19-17-10-7-13(2)11-18(17)20-16-9-8-14-5-4-6-15(14)12-16/h8-9,12-13,17-19H,3-7,10-11H2,1-2H3. The van der Waals surface area contributed by atoms with Gasteiger partial charge in [0.25, 0.3) is 0 Å². The average Bonchev–Trinajstić information content (AvgIpc) is 2.89. The van der Waals surface area contributed by atoms with Crippen LogP contribution in [0.5, 0.6) is 5.75 Å². The summed E-state index contributed by atoms with van der Waals surface area (Å²) in [4.78, 5) is 0. The summed E-state index contributed by atoms with van der Waals surface area (Å²) in [6.45, 7) is 5.56. The number of fused-ring (bicyclic) bond motifs is 1. The normalized spacial score (nSPS) is 29.2. The lowest BCUT2D eigenvalue weighted by atomic mass is 9.85. The van der Waals surface area contributed by atoms with Gasteiger partial charge in [-0.25, -0.2) is 0 Å². The molecule has 20 heavy (non-hydrogen) atoms. The van der Waals surface area contributed by atoms with Crippen molar-refractivity contribution in [3.8, 4) is 5.75 Å². The van der Waals surface area contributed by atoms with Gasteiger partial charge >= 0.3 is 0 Å².